The number of nitriles is 1. The third kappa shape index (κ3) is 6.03. The third-order valence-corrected chi connectivity index (χ3v) is 5.89. The second kappa shape index (κ2) is 10.2. The van der Waals surface area contributed by atoms with Gasteiger partial charge in [-0.25, -0.2) is 13.2 Å². The van der Waals surface area contributed by atoms with Gasteiger partial charge in [-0.05, 0) is 42.8 Å². The highest BCUT2D eigenvalue weighted by Gasteiger charge is 2.25. The van der Waals surface area contributed by atoms with Crippen molar-refractivity contribution in [3.63, 3.8) is 0 Å². The highest BCUT2D eigenvalue weighted by molar-refractivity contribution is 7.90. The van der Waals surface area contributed by atoms with Crippen LogP contribution in [0.15, 0.2) is 41.3 Å². The van der Waals surface area contributed by atoms with Gasteiger partial charge in [0, 0.05) is 29.6 Å². The van der Waals surface area contributed by atoms with E-state index in [9.17, 15) is 28.1 Å². The van der Waals surface area contributed by atoms with Gasteiger partial charge in [0.2, 0.25) is 0 Å². The molecule has 168 valence electrons. The number of hydrogen-bond acceptors (Lipinski definition) is 8. The number of ether oxygens (including phenoxy) is 1. The topological polar surface area (TPSA) is 148 Å². The summed E-state index contributed by atoms with van der Waals surface area (Å²) in [7, 11) is -3.89. The molecule has 2 aromatic rings. The van der Waals surface area contributed by atoms with E-state index < -0.39 is 43.8 Å². The second-order valence-electron chi connectivity index (χ2n) is 6.67. The number of halogens is 1. The number of anilines is 1. The first kappa shape index (κ1) is 24.8. The third-order valence-electron chi connectivity index (χ3n) is 4.32. The van der Waals surface area contributed by atoms with Gasteiger partial charge in [0.05, 0.1) is 23.0 Å². The van der Waals surface area contributed by atoms with Crippen LogP contribution in [0.4, 0.5) is 11.4 Å². The molecule has 12 heteroatoms. The summed E-state index contributed by atoms with van der Waals surface area (Å²) in [4.78, 5) is 36.0. The van der Waals surface area contributed by atoms with Gasteiger partial charge in [-0.2, -0.15) is 5.26 Å². The summed E-state index contributed by atoms with van der Waals surface area (Å²) >= 11 is 6.00. The molecule has 0 N–H and O–H groups in total. The van der Waals surface area contributed by atoms with Gasteiger partial charge in [0.25, 0.3) is 11.6 Å². The molecule has 0 saturated carbocycles. The fraction of sp³-hybridized carbons (Fsp3) is 0.250. The SMILES string of the molecule is Cc1cc(N(CCC#N)C(=O)COC(=O)c2ccc(S(C)(=O)=O)c([N+](=O)[O-])c2)ccc1Cl. The molecule has 0 aromatic heterocycles. The number of carbonyl (C=O) groups excluding carboxylic acids is 2. The van der Waals surface area contributed by atoms with E-state index >= 15 is 0 Å². The van der Waals surface area contributed by atoms with Crippen LogP contribution in [-0.4, -0.2) is 44.6 Å². The molecule has 0 spiro atoms. The highest BCUT2D eigenvalue weighted by atomic mass is 35.5. The first-order valence-electron chi connectivity index (χ1n) is 9.04. The first-order valence-corrected chi connectivity index (χ1v) is 11.3. The average molecular weight is 480 g/mol. The van der Waals surface area contributed by atoms with E-state index in [0.717, 1.165) is 24.5 Å². The summed E-state index contributed by atoms with van der Waals surface area (Å²) in [6.07, 6.45) is 0.834. The van der Waals surface area contributed by atoms with Gasteiger partial charge in [-0.15, -0.1) is 0 Å². The van der Waals surface area contributed by atoms with Crippen LogP contribution < -0.4 is 4.90 Å². The Morgan fingerprint density at radius 1 is 1.25 bits per heavy atom. The number of nitro groups is 1. The number of carbonyl (C=O) groups is 2. The van der Waals surface area contributed by atoms with E-state index in [-0.39, 0.29) is 18.5 Å². The fourth-order valence-electron chi connectivity index (χ4n) is 2.75. The van der Waals surface area contributed by atoms with E-state index in [2.05, 4.69) is 0 Å². The molecule has 0 radical (unpaired) electrons. The maximum atomic E-state index is 12.7. The number of esters is 1. The molecule has 0 bridgehead atoms. The van der Waals surface area contributed by atoms with Crippen LogP contribution in [0.2, 0.25) is 5.02 Å². The standard InChI is InChI=1S/C20H18ClN3O7S/c1-13-10-15(5-6-16(13)21)23(9-3-8-22)19(25)12-31-20(26)14-4-7-18(32(2,29)30)17(11-14)24(27)28/h4-7,10-11H,3,9,12H2,1-2H3. The quantitative estimate of drug-likeness (QED) is 0.318. The Balaban J connectivity index is 2.21. The van der Waals surface area contributed by atoms with Crippen LogP contribution in [-0.2, 0) is 19.4 Å². The van der Waals surface area contributed by atoms with Crippen molar-refractivity contribution in [3.05, 3.63) is 62.7 Å². The van der Waals surface area contributed by atoms with E-state index in [1.807, 2.05) is 6.07 Å². The molecule has 1 amide bonds. The molecule has 0 unspecified atom stereocenters. The molecule has 0 aliphatic rings. The van der Waals surface area contributed by atoms with Crippen LogP contribution >= 0.6 is 11.6 Å². The van der Waals surface area contributed by atoms with Crippen LogP contribution in [0.3, 0.4) is 0 Å². The minimum atomic E-state index is -3.89. The van der Waals surface area contributed by atoms with Gasteiger partial charge in [-0.3, -0.25) is 14.9 Å². The van der Waals surface area contributed by atoms with Crippen molar-refractivity contribution in [1.82, 2.24) is 0 Å². The summed E-state index contributed by atoms with van der Waals surface area (Å²) in [6, 6.07) is 9.52. The highest BCUT2D eigenvalue weighted by Crippen LogP contribution is 2.26. The molecule has 0 aliphatic heterocycles. The molecular formula is C20H18ClN3O7S. The predicted octanol–water partition coefficient (Wildman–Crippen LogP) is 3.06. The van der Waals surface area contributed by atoms with Crippen molar-refractivity contribution in [2.24, 2.45) is 0 Å². The van der Waals surface area contributed by atoms with E-state index in [1.165, 1.54) is 4.90 Å². The normalized spacial score (nSPS) is 10.8. The lowest BCUT2D eigenvalue weighted by molar-refractivity contribution is -0.387. The molecule has 0 atom stereocenters. The molecule has 0 saturated heterocycles. The molecule has 2 rings (SSSR count). The number of rotatable bonds is 8. The zero-order valence-electron chi connectivity index (χ0n) is 17.1. The van der Waals surface area contributed by atoms with E-state index in [0.29, 0.717) is 16.3 Å². The monoisotopic (exact) mass is 479 g/mol. The van der Waals surface area contributed by atoms with Crippen LogP contribution in [0.5, 0.6) is 0 Å². The van der Waals surface area contributed by atoms with Crippen molar-refractivity contribution < 1.29 is 27.7 Å². The number of sulfone groups is 1. The predicted molar refractivity (Wildman–Crippen MR) is 115 cm³/mol. The Labute approximate surface area is 189 Å². The Morgan fingerprint density at radius 3 is 2.50 bits per heavy atom. The van der Waals surface area contributed by atoms with Crippen molar-refractivity contribution >= 4 is 44.7 Å². The Bertz CT molecular complexity index is 1220. The Hall–Kier alpha value is -3.49. The lowest BCUT2D eigenvalue weighted by Gasteiger charge is -2.22. The van der Waals surface area contributed by atoms with Crippen molar-refractivity contribution in [2.45, 2.75) is 18.2 Å². The summed E-state index contributed by atoms with van der Waals surface area (Å²) in [5.74, 6) is -1.67. The first-order chi connectivity index (χ1) is 15.0. The van der Waals surface area contributed by atoms with Gasteiger partial charge in [0.1, 0.15) is 4.90 Å². The molecule has 32 heavy (non-hydrogen) atoms. The molecule has 0 heterocycles. The van der Waals surface area contributed by atoms with Crippen molar-refractivity contribution in [3.8, 4) is 6.07 Å². The minimum absolute atomic E-state index is 0.0283. The van der Waals surface area contributed by atoms with E-state index in [4.69, 9.17) is 21.6 Å². The Kier molecular flexibility index (Phi) is 7.91. The van der Waals surface area contributed by atoms with Gasteiger partial charge in [-0.1, -0.05) is 11.6 Å². The summed E-state index contributed by atoms with van der Waals surface area (Å²) in [5, 5.41) is 20.6. The van der Waals surface area contributed by atoms with E-state index in [1.54, 1.807) is 25.1 Å². The Morgan fingerprint density at radius 2 is 1.94 bits per heavy atom. The molecule has 2 aromatic carbocycles. The zero-order chi connectivity index (χ0) is 24.1. The number of nitrogens with zero attached hydrogens (tertiary/aromatic N) is 3. The fourth-order valence-corrected chi connectivity index (χ4v) is 3.69. The van der Waals surface area contributed by atoms with Crippen molar-refractivity contribution in [1.29, 1.82) is 5.26 Å². The number of amides is 1. The molecule has 0 aliphatic carbocycles. The van der Waals surface area contributed by atoms with Crippen LogP contribution in [0.25, 0.3) is 0 Å². The minimum Gasteiger partial charge on any atom is -0.452 e. The number of aryl methyl sites for hydroxylation is 1. The summed E-state index contributed by atoms with van der Waals surface area (Å²) < 4.78 is 28.4. The van der Waals surface area contributed by atoms with Crippen LogP contribution in [0, 0.1) is 28.4 Å². The molecule has 10 nitrogen and oxygen atoms in total. The van der Waals surface area contributed by atoms with Gasteiger partial charge >= 0.3 is 5.97 Å². The summed E-state index contributed by atoms with van der Waals surface area (Å²) in [6.45, 7) is 1.09. The molecule has 0 fully saturated rings. The van der Waals surface area contributed by atoms with Crippen LogP contribution in [0.1, 0.15) is 22.3 Å². The second-order valence-corrected chi connectivity index (χ2v) is 9.07. The smallest absolute Gasteiger partial charge is 0.338 e. The maximum absolute atomic E-state index is 12.7. The largest absolute Gasteiger partial charge is 0.452 e. The lowest BCUT2D eigenvalue weighted by atomic mass is 10.2. The number of nitro benzene ring substituents is 1. The van der Waals surface area contributed by atoms with Gasteiger partial charge < -0.3 is 9.64 Å². The average Bonchev–Trinajstić information content (AvgIpc) is 2.73. The lowest BCUT2D eigenvalue weighted by Crippen LogP contribution is -2.35. The summed E-state index contributed by atoms with van der Waals surface area (Å²) in [5.41, 5.74) is 0.0916. The van der Waals surface area contributed by atoms with Gasteiger partial charge in [0.15, 0.2) is 16.4 Å². The maximum Gasteiger partial charge on any atom is 0.338 e. The van der Waals surface area contributed by atoms with Crippen molar-refractivity contribution in [2.75, 3.05) is 24.3 Å². The number of benzene rings is 2. The molecular weight excluding hydrogens is 462 g/mol. The zero-order valence-corrected chi connectivity index (χ0v) is 18.6. The number of hydrogen-bond donors (Lipinski definition) is 0.